The van der Waals surface area contributed by atoms with Gasteiger partial charge in [0, 0.05) is 5.69 Å². The molecule has 0 unspecified atom stereocenters. The highest BCUT2D eigenvalue weighted by Crippen LogP contribution is 1.97. The van der Waals surface area contributed by atoms with Crippen LogP contribution in [0.4, 0.5) is 5.69 Å². The zero-order valence-electron chi connectivity index (χ0n) is 15.0. The first kappa shape index (κ1) is 21.4. The van der Waals surface area contributed by atoms with Crippen LogP contribution in [0.25, 0.3) is 0 Å². The van der Waals surface area contributed by atoms with E-state index in [1.165, 1.54) is 18.2 Å². The summed E-state index contributed by atoms with van der Waals surface area (Å²) in [5.74, 6) is 0. The lowest BCUT2D eigenvalue weighted by atomic mass is 10.2. The van der Waals surface area contributed by atoms with E-state index in [1.54, 1.807) is 0 Å². The number of nitrogens with two attached hydrogens (primary N) is 2. The van der Waals surface area contributed by atoms with Crippen molar-refractivity contribution in [3.8, 4) is 0 Å². The number of nitrogen functional groups attached to an aromatic ring is 1. The molecule has 0 atom stereocenters. The van der Waals surface area contributed by atoms with Gasteiger partial charge >= 0.3 is 0 Å². The quantitative estimate of drug-likeness (QED) is 0.613. The minimum atomic E-state index is 0.822. The van der Waals surface area contributed by atoms with E-state index >= 15 is 0 Å². The second-order valence-electron chi connectivity index (χ2n) is 4.90. The summed E-state index contributed by atoms with van der Waals surface area (Å²) in [6, 6.07) is 30.2. The van der Waals surface area contributed by atoms with E-state index in [2.05, 4.69) is 56.0 Å². The van der Waals surface area contributed by atoms with Crippen LogP contribution in [0, 0.1) is 6.92 Å². The van der Waals surface area contributed by atoms with Crippen molar-refractivity contribution >= 4 is 5.69 Å². The fourth-order valence-corrected chi connectivity index (χ4v) is 1.70. The molecule has 24 heavy (non-hydrogen) atoms. The molecule has 0 aliphatic rings. The number of benzene rings is 3. The molecule has 4 N–H and O–H groups in total. The Morgan fingerprint density at radius 3 is 1.21 bits per heavy atom. The molecule has 3 aromatic carbocycles. The maximum atomic E-state index is 5.36. The Labute approximate surface area is 147 Å². The molecule has 3 rings (SSSR count). The average molecular weight is 322 g/mol. The number of aryl methyl sites for hydroxylation is 2. The van der Waals surface area contributed by atoms with E-state index in [0.29, 0.717) is 0 Å². The summed E-state index contributed by atoms with van der Waals surface area (Å²) in [5, 5.41) is 0. The fourth-order valence-electron chi connectivity index (χ4n) is 1.70. The van der Waals surface area contributed by atoms with Gasteiger partial charge in [-0.3, -0.25) is 0 Å². The molecule has 0 amide bonds. The highest BCUT2D eigenvalue weighted by molar-refractivity contribution is 5.35. The van der Waals surface area contributed by atoms with Crippen LogP contribution in [-0.4, -0.2) is 7.05 Å². The molecule has 0 aromatic heterocycles. The minimum Gasteiger partial charge on any atom is -0.399 e. The van der Waals surface area contributed by atoms with E-state index in [-0.39, 0.29) is 0 Å². The number of para-hydroxylation sites is 1. The van der Waals surface area contributed by atoms with E-state index in [4.69, 9.17) is 5.73 Å². The van der Waals surface area contributed by atoms with Crippen LogP contribution in [0.5, 0.6) is 0 Å². The minimum absolute atomic E-state index is 0.822. The third kappa shape index (κ3) is 12.0. The van der Waals surface area contributed by atoms with Crippen molar-refractivity contribution in [1.29, 1.82) is 0 Å². The largest absolute Gasteiger partial charge is 0.399 e. The molecule has 128 valence electrons. The Balaban J connectivity index is 0.000000315. The van der Waals surface area contributed by atoms with Crippen molar-refractivity contribution in [3.05, 3.63) is 102 Å². The van der Waals surface area contributed by atoms with Crippen LogP contribution >= 0.6 is 0 Å². The molecule has 0 bridgehead atoms. The summed E-state index contributed by atoms with van der Waals surface area (Å²) < 4.78 is 0. The van der Waals surface area contributed by atoms with Crippen LogP contribution in [0.3, 0.4) is 0 Å². The van der Waals surface area contributed by atoms with E-state index in [1.807, 2.05) is 54.6 Å². The van der Waals surface area contributed by atoms with Crippen LogP contribution in [0.1, 0.15) is 18.1 Å². The summed E-state index contributed by atoms with van der Waals surface area (Å²) in [5.41, 5.74) is 13.4. The molecule has 0 fully saturated rings. The van der Waals surface area contributed by atoms with Crippen LogP contribution < -0.4 is 11.5 Å². The first-order valence-corrected chi connectivity index (χ1v) is 8.16. The maximum absolute atomic E-state index is 5.36. The Bertz CT molecular complexity index is 555. The third-order valence-electron chi connectivity index (χ3n) is 2.99. The Morgan fingerprint density at radius 1 is 0.625 bits per heavy atom. The summed E-state index contributed by atoms with van der Waals surface area (Å²) in [4.78, 5) is 0. The third-order valence-corrected chi connectivity index (χ3v) is 2.99. The first-order valence-electron chi connectivity index (χ1n) is 8.16. The van der Waals surface area contributed by atoms with Gasteiger partial charge in [-0.2, -0.15) is 0 Å². The SMILES string of the molecule is CCc1ccccc1.CN.Cc1ccccc1.Nc1ccccc1. The normalized spacial score (nSPS) is 8.33. The zero-order valence-corrected chi connectivity index (χ0v) is 15.0. The highest BCUT2D eigenvalue weighted by Gasteiger charge is 1.80. The Morgan fingerprint density at radius 2 is 1.00 bits per heavy atom. The fraction of sp³-hybridized carbons (Fsp3) is 0.182. The molecule has 0 aliphatic heterocycles. The van der Waals surface area contributed by atoms with Gasteiger partial charge in [0.25, 0.3) is 0 Å². The molecule has 0 radical (unpaired) electrons. The van der Waals surface area contributed by atoms with Gasteiger partial charge in [-0.25, -0.2) is 0 Å². The molecule has 0 saturated carbocycles. The summed E-state index contributed by atoms with van der Waals surface area (Å²) in [6.07, 6.45) is 1.14. The van der Waals surface area contributed by atoms with E-state index in [9.17, 15) is 0 Å². The first-order chi connectivity index (χ1) is 11.7. The lowest BCUT2D eigenvalue weighted by Gasteiger charge is -1.89. The summed E-state index contributed by atoms with van der Waals surface area (Å²) >= 11 is 0. The van der Waals surface area contributed by atoms with Gasteiger partial charge in [-0.15, -0.1) is 0 Å². The summed E-state index contributed by atoms with van der Waals surface area (Å²) in [7, 11) is 1.50. The topological polar surface area (TPSA) is 52.0 Å². The van der Waals surface area contributed by atoms with Crippen LogP contribution in [0.15, 0.2) is 91.0 Å². The Hall–Kier alpha value is -2.58. The van der Waals surface area contributed by atoms with Crippen molar-refractivity contribution in [2.24, 2.45) is 5.73 Å². The van der Waals surface area contributed by atoms with Gasteiger partial charge in [-0.05, 0) is 38.1 Å². The molecular weight excluding hydrogens is 292 g/mol. The molecule has 0 spiro atoms. The molecular formula is C22H30N2. The number of hydrogen-bond acceptors (Lipinski definition) is 2. The second kappa shape index (κ2) is 15.3. The van der Waals surface area contributed by atoms with Crippen molar-refractivity contribution in [1.82, 2.24) is 0 Å². The van der Waals surface area contributed by atoms with Crippen molar-refractivity contribution in [2.45, 2.75) is 20.3 Å². The molecule has 3 aromatic rings. The predicted molar refractivity (Wildman–Crippen MR) is 108 cm³/mol. The van der Waals surface area contributed by atoms with Crippen molar-refractivity contribution in [3.63, 3.8) is 0 Å². The number of hydrogen-bond donors (Lipinski definition) is 2. The number of anilines is 1. The van der Waals surface area contributed by atoms with Gasteiger partial charge in [0.15, 0.2) is 0 Å². The van der Waals surface area contributed by atoms with E-state index in [0.717, 1.165) is 12.1 Å². The molecule has 2 heteroatoms. The predicted octanol–water partition coefficient (Wildman–Crippen LogP) is 5.09. The van der Waals surface area contributed by atoms with Gasteiger partial charge < -0.3 is 11.5 Å². The van der Waals surface area contributed by atoms with Crippen molar-refractivity contribution < 1.29 is 0 Å². The van der Waals surface area contributed by atoms with Gasteiger partial charge in [-0.1, -0.05) is 91.3 Å². The highest BCUT2D eigenvalue weighted by atomic mass is 14.5. The standard InChI is InChI=1S/C8H10.C7H8.C6H7N.CH5N/c1-2-8-6-4-3-5-7-8;1-7-5-3-2-4-6-7;7-6-4-2-1-3-5-6;1-2/h3-7H,2H2,1H3;2-6H,1H3;1-5H,7H2;2H2,1H3. The van der Waals surface area contributed by atoms with Gasteiger partial charge in [0.1, 0.15) is 0 Å². The monoisotopic (exact) mass is 322 g/mol. The molecule has 0 aliphatic carbocycles. The molecule has 0 heterocycles. The molecule has 0 saturated heterocycles. The lowest BCUT2D eigenvalue weighted by molar-refractivity contribution is 1.14. The van der Waals surface area contributed by atoms with Gasteiger partial charge in [0.05, 0.1) is 0 Å². The van der Waals surface area contributed by atoms with Crippen molar-refractivity contribution in [2.75, 3.05) is 12.8 Å². The zero-order chi connectivity index (χ0) is 18.0. The van der Waals surface area contributed by atoms with Gasteiger partial charge in [0.2, 0.25) is 0 Å². The van der Waals surface area contributed by atoms with E-state index < -0.39 is 0 Å². The summed E-state index contributed by atoms with van der Waals surface area (Å²) in [6.45, 7) is 4.25. The Kier molecular flexibility index (Phi) is 13.7. The maximum Gasteiger partial charge on any atom is 0.0313 e. The average Bonchev–Trinajstić information content (AvgIpc) is 2.66. The number of rotatable bonds is 1. The smallest absolute Gasteiger partial charge is 0.0313 e. The van der Waals surface area contributed by atoms with Crippen LogP contribution in [0.2, 0.25) is 0 Å². The lowest BCUT2D eigenvalue weighted by Crippen LogP contribution is -1.79. The van der Waals surface area contributed by atoms with Crippen LogP contribution in [-0.2, 0) is 6.42 Å². The second-order valence-corrected chi connectivity index (χ2v) is 4.90. The molecule has 2 nitrogen and oxygen atoms in total.